The molecule has 1 aliphatic heterocycles. The lowest BCUT2D eigenvalue weighted by Gasteiger charge is -2.32. The largest absolute Gasteiger partial charge is 0.360 e. The Labute approximate surface area is 159 Å². The number of aromatic nitrogens is 2. The van der Waals surface area contributed by atoms with Crippen molar-refractivity contribution in [1.82, 2.24) is 20.4 Å². The van der Waals surface area contributed by atoms with Gasteiger partial charge in [0.2, 0.25) is 5.91 Å². The Kier molecular flexibility index (Phi) is 6.35. The summed E-state index contributed by atoms with van der Waals surface area (Å²) in [6.07, 6.45) is 3.14. The van der Waals surface area contributed by atoms with Crippen LogP contribution in [-0.2, 0) is 11.2 Å². The molecule has 1 aromatic heterocycles. The number of benzene rings is 1. The summed E-state index contributed by atoms with van der Waals surface area (Å²) in [5.41, 5.74) is 1.61. The number of nitrogens with zero attached hydrogens (tertiary/aromatic N) is 3. The van der Waals surface area contributed by atoms with E-state index in [2.05, 4.69) is 45.1 Å². The van der Waals surface area contributed by atoms with Crippen molar-refractivity contribution in [3.63, 3.8) is 0 Å². The van der Waals surface area contributed by atoms with Gasteiger partial charge in [-0.1, -0.05) is 30.3 Å². The van der Waals surface area contributed by atoms with Crippen LogP contribution in [0.15, 0.2) is 42.5 Å². The highest BCUT2D eigenvalue weighted by molar-refractivity contribution is 5.91. The molecule has 0 radical (unpaired) electrons. The van der Waals surface area contributed by atoms with E-state index in [-0.39, 0.29) is 24.1 Å². The van der Waals surface area contributed by atoms with E-state index in [9.17, 15) is 9.59 Å². The Balaban J connectivity index is 1.42. The maximum atomic E-state index is 12.4. The smallest absolute Gasteiger partial charge is 0.271 e. The Morgan fingerprint density at radius 2 is 1.81 bits per heavy atom. The SMILES string of the molecule is CNC(=O)c1ccc(NCC(=O)N2CCC(Cc3ccccc3)CC2)nn1. The molecule has 7 nitrogen and oxygen atoms in total. The molecule has 0 aliphatic carbocycles. The summed E-state index contributed by atoms with van der Waals surface area (Å²) in [5.74, 6) is 0.885. The highest BCUT2D eigenvalue weighted by Crippen LogP contribution is 2.21. The van der Waals surface area contributed by atoms with Crippen LogP contribution in [0.3, 0.4) is 0 Å². The molecular formula is C20H25N5O2. The molecule has 1 fully saturated rings. The van der Waals surface area contributed by atoms with Gasteiger partial charge in [0.15, 0.2) is 5.69 Å². The van der Waals surface area contributed by atoms with Crippen LogP contribution in [-0.4, -0.2) is 53.6 Å². The standard InChI is InChI=1S/C20H25N5O2/c1-21-20(27)17-7-8-18(24-23-17)22-14-19(26)25-11-9-16(10-12-25)13-15-5-3-2-4-6-15/h2-8,16H,9-14H2,1H3,(H,21,27)(H,22,24). The van der Waals surface area contributed by atoms with Gasteiger partial charge in [-0.25, -0.2) is 0 Å². The van der Waals surface area contributed by atoms with E-state index in [1.165, 1.54) is 12.6 Å². The van der Waals surface area contributed by atoms with Gasteiger partial charge in [0.1, 0.15) is 5.82 Å². The van der Waals surface area contributed by atoms with Crippen LogP contribution < -0.4 is 10.6 Å². The summed E-state index contributed by atoms with van der Waals surface area (Å²) in [6.45, 7) is 1.76. The van der Waals surface area contributed by atoms with Crippen LogP contribution in [0.4, 0.5) is 5.82 Å². The minimum atomic E-state index is -0.288. The predicted molar refractivity (Wildman–Crippen MR) is 103 cm³/mol. The van der Waals surface area contributed by atoms with Gasteiger partial charge in [-0.15, -0.1) is 10.2 Å². The highest BCUT2D eigenvalue weighted by atomic mass is 16.2. The first-order valence-corrected chi connectivity index (χ1v) is 9.27. The molecule has 2 N–H and O–H groups in total. The number of likely N-dealkylation sites (tertiary alicyclic amines) is 1. The van der Waals surface area contributed by atoms with Gasteiger partial charge in [0.05, 0.1) is 6.54 Å². The van der Waals surface area contributed by atoms with Crippen molar-refractivity contribution in [2.45, 2.75) is 19.3 Å². The van der Waals surface area contributed by atoms with Crippen molar-refractivity contribution >= 4 is 17.6 Å². The Morgan fingerprint density at radius 1 is 1.07 bits per heavy atom. The average Bonchev–Trinajstić information content (AvgIpc) is 2.73. The number of carbonyl (C=O) groups is 2. The third-order valence-corrected chi connectivity index (χ3v) is 4.88. The fraction of sp³-hybridized carbons (Fsp3) is 0.400. The van der Waals surface area contributed by atoms with Gasteiger partial charge >= 0.3 is 0 Å². The molecule has 0 unspecified atom stereocenters. The van der Waals surface area contributed by atoms with E-state index < -0.39 is 0 Å². The van der Waals surface area contributed by atoms with Crippen LogP contribution in [0.5, 0.6) is 0 Å². The Bertz CT molecular complexity index is 756. The summed E-state index contributed by atoms with van der Waals surface area (Å²) >= 11 is 0. The molecule has 0 bridgehead atoms. The topological polar surface area (TPSA) is 87.2 Å². The molecule has 0 saturated carbocycles. The van der Waals surface area contributed by atoms with E-state index in [1.54, 1.807) is 12.1 Å². The van der Waals surface area contributed by atoms with E-state index in [0.29, 0.717) is 11.7 Å². The lowest BCUT2D eigenvalue weighted by Crippen LogP contribution is -2.41. The summed E-state index contributed by atoms with van der Waals surface area (Å²) < 4.78 is 0. The molecule has 1 aromatic carbocycles. The van der Waals surface area contributed by atoms with Crippen molar-refractivity contribution in [2.24, 2.45) is 5.92 Å². The number of hydrogen-bond acceptors (Lipinski definition) is 5. The van der Waals surface area contributed by atoms with Gasteiger partial charge in [-0.3, -0.25) is 9.59 Å². The first-order valence-electron chi connectivity index (χ1n) is 9.27. The third-order valence-electron chi connectivity index (χ3n) is 4.88. The van der Waals surface area contributed by atoms with Crippen LogP contribution in [0.25, 0.3) is 0 Å². The van der Waals surface area contributed by atoms with Gasteiger partial charge < -0.3 is 15.5 Å². The second-order valence-corrected chi connectivity index (χ2v) is 6.75. The molecule has 2 heterocycles. The molecule has 2 aromatic rings. The summed E-state index contributed by atoms with van der Waals surface area (Å²) in [4.78, 5) is 25.8. The van der Waals surface area contributed by atoms with Gasteiger partial charge in [0, 0.05) is 20.1 Å². The molecule has 27 heavy (non-hydrogen) atoms. The van der Waals surface area contributed by atoms with E-state index in [1.807, 2.05) is 11.0 Å². The average molecular weight is 367 g/mol. The molecule has 142 valence electrons. The first kappa shape index (κ1) is 18.8. The number of amides is 2. The van der Waals surface area contributed by atoms with Gasteiger partial charge in [-0.05, 0) is 42.9 Å². The van der Waals surface area contributed by atoms with Crippen molar-refractivity contribution < 1.29 is 9.59 Å². The van der Waals surface area contributed by atoms with Crippen molar-refractivity contribution in [3.8, 4) is 0 Å². The minimum Gasteiger partial charge on any atom is -0.360 e. The third kappa shape index (κ3) is 5.26. The zero-order chi connectivity index (χ0) is 19.1. The number of anilines is 1. The quantitative estimate of drug-likeness (QED) is 0.812. The van der Waals surface area contributed by atoms with Crippen LogP contribution in [0.2, 0.25) is 0 Å². The molecule has 0 atom stereocenters. The van der Waals surface area contributed by atoms with Crippen LogP contribution in [0.1, 0.15) is 28.9 Å². The number of carbonyl (C=O) groups excluding carboxylic acids is 2. The normalized spacial score (nSPS) is 14.6. The second kappa shape index (κ2) is 9.12. The minimum absolute atomic E-state index is 0.0605. The number of rotatable bonds is 6. The maximum absolute atomic E-state index is 12.4. The highest BCUT2D eigenvalue weighted by Gasteiger charge is 2.22. The Morgan fingerprint density at radius 3 is 2.44 bits per heavy atom. The zero-order valence-electron chi connectivity index (χ0n) is 15.5. The monoisotopic (exact) mass is 367 g/mol. The van der Waals surface area contributed by atoms with Gasteiger partial charge in [0.25, 0.3) is 5.91 Å². The van der Waals surface area contributed by atoms with E-state index >= 15 is 0 Å². The maximum Gasteiger partial charge on any atom is 0.271 e. The number of hydrogen-bond donors (Lipinski definition) is 2. The predicted octanol–water partition coefficient (Wildman–Crippen LogP) is 1.73. The zero-order valence-corrected chi connectivity index (χ0v) is 15.5. The summed E-state index contributed by atoms with van der Waals surface area (Å²) in [7, 11) is 1.54. The van der Waals surface area contributed by atoms with E-state index in [0.717, 1.165) is 32.4 Å². The van der Waals surface area contributed by atoms with Crippen LogP contribution >= 0.6 is 0 Å². The molecule has 3 rings (SSSR count). The molecule has 7 heteroatoms. The Hall–Kier alpha value is -2.96. The van der Waals surface area contributed by atoms with Crippen molar-refractivity contribution in [2.75, 3.05) is 32.0 Å². The first-order chi connectivity index (χ1) is 13.2. The van der Waals surface area contributed by atoms with Gasteiger partial charge in [-0.2, -0.15) is 0 Å². The van der Waals surface area contributed by atoms with Crippen molar-refractivity contribution in [1.29, 1.82) is 0 Å². The number of nitrogens with one attached hydrogen (secondary N) is 2. The molecule has 1 saturated heterocycles. The van der Waals surface area contributed by atoms with Crippen LogP contribution in [0, 0.1) is 5.92 Å². The molecule has 1 aliphatic rings. The van der Waals surface area contributed by atoms with E-state index in [4.69, 9.17) is 0 Å². The summed E-state index contributed by atoms with van der Waals surface area (Å²) in [5, 5.41) is 13.2. The summed E-state index contributed by atoms with van der Waals surface area (Å²) in [6, 6.07) is 13.7. The lowest BCUT2D eigenvalue weighted by atomic mass is 9.90. The van der Waals surface area contributed by atoms with Crippen molar-refractivity contribution in [3.05, 3.63) is 53.7 Å². The molecular weight excluding hydrogens is 342 g/mol. The fourth-order valence-electron chi connectivity index (χ4n) is 3.29. The lowest BCUT2D eigenvalue weighted by molar-refractivity contribution is -0.130. The number of piperidine rings is 1. The fourth-order valence-corrected chi connectivity index (χ4v) is 3.29. The molecule has 2 amide bonds. The second-order valence-electron chi connectivity index (χ2n) is 6.75. The molecule has 0 spiro atoms.